The Kier molecular flexibility index (Phi) is 5.35. The first-order chi connectivity index (χ1) is 11.5. The number of benzene rings is 1. The maximum absolute atomic E-state index is 14.4. The number of nitrogens with one attached hydrogen (secondary N) is 1. The van der Waals surface area contributed by atoms with Gasteiger partial charge in [-0.1, -0.05) is 18.5 Å². The lowest BCUT2D eigenvalue weighted by Gasteiger charge is -2.18. The van der Waals surface area contributed by atoms with E-state index < -0.39 is 67.5 Å². The number of halogens is 3. The molecular formula is C14H15ClF2N2O5S. The topological polar surface area (TPSA) is 104 Å². The molecule has 2 rings (SSSR count). The van der Waals surface area contributed by atoms with Gasteiger partial charge in [0.05, 0.1) is 11.6 Å². The van der Waals surface area contributed by atoms with Gasteiger partial charge in [-0.25, -0.2) is 17.2 Å². The van der Waals surface area contributed by atoms with E-state index in [1.165, 1.54) is 6.92 Å². The molecule has 2 atom stereocenters. The Morgan fingerprint density at radius 3 is 2.44 bits per heavy atom. The predicted molar refractivity (Wildman–Crippen MR) is 84.7 cm³/mol. The van der Waals surface area contributed by atoms with Gasteiger partial charge in [-0.3, -0.25) is 9.59 Å². The lowest BCUT2D eigenvalue weighted by molar-refractivity contribution is -0.142. The Hall–Kier alpha value is -1.78. The fraction of sp³-hybridized carbons (Fsp3) is 0.429. The monoisotopic (exact) mass is 396 g/mol. The molecule has 0 bridgehead atoms. The molecule has 11 heteroatoms. The average Bonchev–Trinajstić information content (AvgIpc) is 2.86. The number of sulfonamides is 1. The number of carbonyl (C=O) groups excluding carboxylic acids is 1. The highest BCUT2D eigenvalue weighted by molar-refractivity contribution is 7.89. The molecule has 0 saturated carbocycles. The number of nitrogens with zero attached hydrogens (tertiary/aromatic N) is 1. The van der Waals surface area contributed by atoms with Crippen molar-refractivity contribution in [1.29, 1.82) is 0 Å². The zero-order chi connectivity index (χ0) is 19.1. The number of hydrogen-bond acceptors (Lipinski definition) is 4. The van der Waals surface area contributed by atoms with E-state index >= 15 is 0 Å². The molecule has 0 radical (unpaired) electrons. The molecule has 0 unspecified atom stereocenters. The number of hydrogen-bond donors (Lipinski definition) is 2. The molecule has 1 amide bonds. The van der Waals surface area contributed by atoms with Gasteiger partial charge in [-0.2, -0.15) is 4.31 Å². The third-order valence-electron chi connectivity index (χ3n) is 3.92. The van der Waals surface area contributed by atoms with Crippen molar-refractivity contribution in [2.24, 2.45) is 11.8 Å². The van der Waals surface area contributed by atoms with Gasteiger partial charge in [0, 0.05) is 26.1 Å². The van der Waals surface area contributed by atoms with Crippen molar-refractivity contribution >= 4 is 39.2 Å². The van der Waals surface area contributed by atoms with Gasteiger partial charge in [-0.05, 0) is 5.92 Å². The van der Waals surface area contributed by atoms with Crippen LogP contribution in [0.1, 0.15) is 13.8 Å². The second-order valence-corrected chi connectivity index (χ2v) is 8.04. The Bertz CT molecular complexity index is 846. The highest BCUT2D eigenvalue weighted by atomic mass is 35.5. The van der Waals surface area contributed by atoms with Crippen molar-refractivity contribution in [2.45, 2.75) is 18.7 Å². The summed E-state index contributed by atoms with van der Waals surface area (Å²) in [4.78, 5) is 20.9. The highest BCUT2D eigenvalue weighted by Gasteiger charge is 2.43. The summed E-state index contributed by atoms with van der Waals surface area (Å²) in [7, 11) is -4.64. The van der Waals surface area contributed by atoms with E-state index in [4.69, 9.17) is 16.7 Å². The standard InChI is InChI=1S/C14H15ClF2N2O5S/c1-6-4-19(5-8(6)14(21)22)25(23,24)13-9(16)3-10(18-7(2)20)11(15)12(13)17/h3,6,8H,4-5H2,1-2H3,(H,18,20)(H,21,22)/t6-,8-/m1/s1. The Labute approximate surface area is 147 Å². The normalized spacial score (nSPS) is 21.3. The van der Waals surface area contributed by atoms with Crippen molar-refractivity contribution in [3.63, 3.8) is 0 Å². The van der Waals surface area contributed by atoms with Gasteiger partial charge in [-0.15, -0.1) is 0 Å². The molecule has 1 heterocycles. The van der Waals surface area contributed by atoms with Gasteiger partial charge in [0.1, 0.15) is 10.8 Å². The van der Waals surface area contributed by atoms with Gasteiger partial charge in [0.25, 0.3) is 0 Å². The summed E-state index contributed by atoms with van der Waals surface area (Å²) in [5.74, 6) is -6.31. The zero-order valence-corrected chi connectivity index (χ0v) is 14.8. The van der Waals surface area contributed by atoms with Crippen LogP contribution in [0.2, 0.25) is 5.02 Å². The fourth-order valence-electron chi connectivity index (χ4n) is 2.66. The van der Waals surface area contributed by atoms with Gasteiger partial charge >= 0.3 is 5.97 Å². The van der Waals surface area contributed by atoms with Gasteiger partial charge < -0.3 is 10.4 Å². The highest BCUT2D eigenvalue weighted by Crippen LogP contribution is 2.36. The number of rotatable bonds is 4. The van der Waals surface area contributed by atoms with E-state index in [0.717, 1.165) is 6.92 Å². The van der Waals surface area contributed by atoms with Crippen LogP contribution in [0.3, 0.4) is 0 Å². The van der Waals surface area contributed by atoms with Gasteiger partial charge in [0.2, 0.25) is 15.9 Å². The van der Waals surface area contributed by atoms with E-state index in [1.54, 1.807) is 0 Å². The molecule has 7 nitrogen and oxygen atoms in total. The lowest BCUT2D eigenvalue weighted by atomic mass is 9.99. The fourth-order valence-corrected chi connectivity index (χ4v) is 4.60. The summed E-state index contributed by atoms with van der Waals surface area (Å²) >= 11 is 5.70. The first-order valence-corrected chi connectivity index (χ1v) is 8.96. The second kappa shape index (κ2) is 6.85. The summed E-state index contributed by atoms with van der Waals surface area (Å²) in [6, 6.07) is 0.605. The smallest absolute Gasteiger partial charge is 0.308 e. The molecule has 1 fully saturated rings. The van der Waals surface area contributed by atoms with E-state index in [-0.39, 0.29) is 6.54 Å². The number of carboxylic acids is 1. The largest absolute Gasteiger partial charge is 0.481 e. The molecule has 0 aliphatic carbocycles. The number of anilines is 1. The van der Waals surface area contributed by atoms with E-state index in [9.17, 15) is 26.8 Å². The molecule has 1 saturated heterocycles. The first-order valence-electron chi connectivity index (χ1n) is 7.14. The molecule has 2 N–H and O–H groups in total. The minimum atomic E-state index is -4.64. The SMILES string of the molecule is CC(=O)Nc1cc(F)c(S(=O)(=O)N2C[C@@H](C)[C@H](C(=O)O)C2)c(F)c1Cl. The molecule has 25 heavy (non-hydrogen) atoms. The Morgan fingerprint density at radius 1 is 1.36 bits per heavy atom. The number of amides is 1. The summed E-state index contributed by atoms with van der Waals surface area (Å²) in [5, 5.41) is 10.4. The van der Waals surface area contributed by atoms with Crippen molar-refractivity contribution in [1.82, 2.24) is 4.31 Å². The van der Waals surface area contributed by atoms with Crippen LogP contribution in [0.25, 0.3) is 0 Å². The summed E-state index contributed by atoms with van der Waals surface area (Å²) in [5.41, 5.74) is -0.402. The first kappa shape index (κ1) is 19.5. The minimum Gasteiger partial charge on any atom is -0.481 e. The van der Waals surface area contributed by atoms with Crippen LogP contribution in [-0.4, -0.2) is 42.8 Å². The van der Waals surface area contributed by atoms with Crippen molar-refractivity contribution in [3.05, 3.63) is 22.7 Å². The van der Waals surface area contributed by atoms with E-state index in [2.05, 4.69) is 5.32 Å². The maximum atomic E-state index is 14.4. The van der Waals surface area contributed by atoms with E-state index in [0.29, 0.717) is 10.4 Å². The van der Waals surface area contributed by atoms with Crippen LogP contribution in [0, 0.1) is 23.5 Å². The van der Waals surface area contributed by atoms with Crippen LogP contribution in [-0.2, 0) is 19.6 Å². The second-order valence-electron chi connectivity index (χ2n) is 5.79. The van der Waals surface area contributed by atoms with Gasteiger partial charge in [0.15, 0.2) is 10.7 Å². The number of aliphatic carboxylic acids is 1. The van der Waals surface area contributed by atoms with Crippen LogP contribution in [0.15, 0.2) is 11.0 Å². The molecule has 1 aliphatic heterocycles. The molecule has 0 aromatic heterocycles. The van der Waals surface area contributed by atoms with E-state index in [1.807, 2.05) is 0 Å². The lowest BCUT2D eigenvalue weighted by Crippen LogP contribution is -2.31. The summed E-state index contributed by atoms with van der Waals surface area (Å²) < 4.78 is 54.6. The zero-order valence-electron chi connectivity index (χ0n) is 13.2. The Balaban J connectivity index is 2.49. The molecule has 0 spiro atoms. The van der Waals surface area contributed by atoms with Crippen LogP contribution < -0.4 is 5.32 Å². The van der Waals surface area contributed by atoms with Crippen LogP contribution >= 0.6 is 11.6 Å². The minimum absolute atomic E-state index is 0.191. The average molecular weight is 397 g/mol. The Morgan fingerprint density at radius 2 is 1.96 bits per heavy atom. The summed E-state index contributed by atoms with van der Waals surface area (Å²) in [6.45, 7) is 2.04. The predicted octanol–water partition coefficient (Wildman–Crippen LogP) is 1.92. The maximum Gasteiger partial charge on any atom is 0.308 e. The van der Waals surface area contributed by atoms with Crippen LogP contribution in [0.4, 0.5) is 14.5 Å². The van der Waals surface area contributed by atoms with Crippen molar-refractivity contribution in [2.75, 3.05) is 18.4 Å². The van der Waals surface area contributed by atoms with Crippen molar-refractivity contribution < 1.29 is 31.9 Å². The number of carboxylic acid groups (broad SMARTS) is 1. The van der Waals surface area contributed by atoms with Crippen LogP contribution in [0.5, 0.6) is 0 Å². The third-order valence-corrected chi connectivity index (χ3v) is 6.16. The van der Waals surface area contributed by atoms with Crippen molar-refractivity contribution in [3.8, 4) is 0 Å². The quantitative estimate of drug-likeness (QED) is 0.757. The molecule has 1 aliphatic rings. The summed E-state index contributed by atoms with van der Waals surface area (Å²) in [6.07, 6.45) is 0. The number of carbonyl (C=O) groups is 2. The molecule has 138 valence electrons. The molecule has 1 aromatic rings. The molecular weight excluding hydrogens is 382 g/mol. The molecule has 1 aromatic carbocycles. The third kappa shape index (κ3) is 3.60.